The molecule has 0 aromatic heterocycles. The summed E-state index contributed by atoms with van der Waals surface area (Å²) in [5, 5.41) is 14.7. The minimum atomic E-state index is -1.11. The Morgan fingerprint density at radius 1 is 1.16 bits per heavy atom. The van der Waals surface area contributed by atoms with Crippen LogP contribution in [0, 0.1) is 5.41 Å². The molecule has 0 spiro atoms. The molecule has 0 saturated heterocycles. The Kier molecular flexibility index (Phi) is 10.3. The number of hydrogen-bond acceptors (Lipinski definition) is 5. The number of aryl methyl sites for hydroxylation is 1. The zero-order valence-electron chi connectivity index (χ0n) is 17.9. The van der Waals surface area contributed by atoms with Gasteiger partial charge in [-0.15, -0.1) is 0 Å². The Morgan fingerprint density at radius 2 is 1.87 bits per heavy atom. The molecule has 0 unspecified atom stereocenters. The van der Waals surface area contributed by atoms with Crippen molar-refractivity contribution in [2.45, 2.75) is 57.6 Å². The fourth-order valence-corrected chi connectivity index (χ4v) is 3.86. The van der Waals surface area contributed by atoms with Gasteiger partial charge in [-0.1, -0.05) is 43.2 Å². The minimum Gasteiger partial charge on any atom is -0.429 e. The summed E-state index contributed by atoms with van der Waals surface area (Å²) in [5.41, 5.74) is 10.7. The van der Waals surface area contributed by atoms with Gasteiger partial charge in [0.1, 0.15) is 11.6 Å². The van der Waals surface area contributed by atoms with E-state index in [0.717, 1.165) is 25.7 Å². The van der Waals surface area contributed by atoms with Crippen LogP contribution in [0.25, 0.3) is 0 Å². The summed E-state index contributed by atoms with van der Waals surface area (Å²) in [5.74, 6) is -0.633. The maximum Gasteiger partial charge on any atom is 0.486 e. The Balaban J connectivity index is 1.88. The highest BCUT2D eigenvalue weighted by atomic mass is 16.5. The van der Waals surface area contributed by atoms with Crippen LogP contribution in [0.3, 0.4) is 0 Å². The summed E-state index contributed by atoms with van der Waals surface area (Å²) in [6.45, 7) is 0.877. The maximum atomic E-state index is 13.1. The number of carbonyl (C=O) groups is 2. The van der Waals surface area contributed by atoms with Gasteiger partial charge in [0.2, 0.25) is 11.8 Å². The number of amides is 2. The number of benzene rings is 1. The molecule has 1 atom stereocenters. The van der Waals surface area contributed by atoms with Gasteiger partial charge in [0.25, 0.3) is 0 Å². The molecule has 1 aliphatic carbocycles. The predicted octanol–water partition coefficient (Wildman–Crippen LogP) is 0.335. The van der Waals surface area contributed by atoms with Crippen LogP contribution in [-0.2, 0) is 20.7 Å². The lowest BCUT2D eigenvalue weighted by Gasteiger charge is -2.29. The Labute approximate surface area is 184 Å². The standard InChI is InChI=1S/C21H33BN5O4/c23-20(24)26-15-7-11-17(31-22-30)27-19(29)21(12-4-5-13-21)18(28)25-14-6-10-16-8-2-1-3-9-16/h1-3,8-9,17,30H,4-7,10-15H2,(H,25,28)(H,27,29)(H4,23,24,26)/t17-/m1/s1. The van der Waals surface area contributed by atoms with Crippen LogP contribution in [-0.4, -0.2) is 49.8 Å². The molecule has 1 radical (unpaired) electrons. The van der Waals surface area contributed by atoms with E-state index in [1.807, 2.05) is 18.2 Å². The fraction of sp³-hybridized carbons (Fsp3) is 0.571. The van der Waals surface area contributed by atoms with Gasteiger partial charge in [0, 0.05) is 13.1 Å². The van der Waals surface area contributed by atoms with Crippen molar-refractivity contribution in [3.63, 3.8) is 0 Å². The van der Waals surface area contributed by atoms with Gasteiger partial charge in [0.15, 0.2) is 5.96 Å². The van der Waals surface area contributed by atoms with Gasteiger partial charge in [-0.3, -0.25) is 14.6 Å². The number of guanidine groups is 1. The quantitative estimate of drug-likeness (QED) is 0.0760. The minimum absolute atomic E-state index is 0.0101. The summed E-state index contributed by atoms with van der Waals surface area (Å²) < 4.78 is 5.11. The third kappa shape index (κ3) is 7.88. The third-order valence-electron chi connectivity index (χ3n) is 5.53. The van der Waals surface area contributed by atoms with E-state index in [-0.39, 0.29) is 17.8 Å². The van der Waals surface area contributed by atoms with E-state index in [1.165, 1.54) is 5.56 Å². The molecule has 31 heavy (non-hydrogen) atoms. The summed E-state index contributed by atoms with van der Waals surface area (Å²) in [6.07, 6.45) is 4.42. The molecule has 1 saturated carbocycles. The van der Waals surface area contributed by atoms with E-state index in [2.05, 4.69) is 27.8 Å². The number of nitrogens with two attached hydrogens (primary N) is 2. The average Bonchev–Trinajstić information content (AvgIpc) is 3.26. The van der Waals surface area contributed by atoms with Crippen LogP contribution >= 0.6 is 0 Å². The number of rotatable bonds is 13. The molecule has 0 aliphatic heterocycles. The predicted molar refractivity (Wildman–Crippen MR) is 120 cm³/mol. The number of aliphatic imine (C=N–C) groups is 1. The Bertz CT molecular complexity index is 722. The number of nitrogens with zero attached hydrogens (tertiary/aromatic N) is 1. The Morgan fingerprint density at radius 3 is 2.52 bits per heavy atom. The molecule has 10 heteroatoms. The molecule has 2 rings (SSSR count). The van der Waals surface area contributed by atoms with E-state index in [0.29, 0.717) is 46.5 Å². The van der Waals surface area contributed by atoms with Crippen molar-refractivity contribution in [2.24, 2.45) is 21.9 Å². The first-order chi connectivity index (χ1) is 15.0. The lowest BCUT2D eigenvalue weighted by Crippen LogP contribution is -2.53. The van der Waals surface area contributed by atoms with Crippen molar-refractivity contribution >= 4 is 25.5 Å². The van der Waals surface area contributed by atoms with Crippen LogP contribution in [0.1, 0.15) is 50.5 Å². The van der Waals surface area contributed by atoms with E-state index in [4.69, 9.17) is 21.1 Å². The van der Waals surface area contributed by atoms with E-state index >= 15 is 0 Å². The summed E-state index contributed by atoms with van der Waals surface area (Å²) >= 11 is 0. The van der Waals surface area contributed by atoms with Gasteiger partial charge in [-0.2, -0.15) is 0 Å². The van der Waals surface area contributed by atoms with Crippen molar-refractivity contribution in [3.8, 4) is 0 Å². The van der Waals surface area contributed by atoms with Gasteiger partial charge in [-0.25, -0.2) is 0 Å². The smallest absolute Gasteiger partial charge is 0.429 e. The van der Waals surface area contributed by atoms with Crippen LogP contribution in [0.5, 0.6) is 0 Å². The van der Waals surface area contributed by atoms with E-state index < -0.39 is 11.6 Å². The topological polar surface area (TPSA) is 152 Å². The van der Waals surface area contributed by atoms with Crippen LogP contribution < -0.4 is 22.1 Å². The number of nitrogens with one attached hydrogen (secondary N) is 2. The fourth-order valence-electron chi connectivity index (χ4n) is 3.86. The van der Waals surface area contributed by atoms with Crippen LogP contribution in [0.4, 0.5) is 0 Å². The molecule has 1 aromatic rings. The van der Waals surface area contributed by atoms with Gasteiger partial charge >= 0.3 is 7.69 Å². The lowest BCUT2D eigenvalue weighted by molar-refractivity contribution is -0.145. The summed E-state index contributed by atoms with van der Waals surface area (Å²) in [4.78, 5) is 29.9. The molecule has 0 heterocycles. The van der Waals surface area contributed by atoms with E-state index in [1.54, 1.807) is 0 Å². The van der Waals surface area contributed by atoms with Crippen molar-refractivity contribution in [3.05, 3.63) is 35.9 Å². The SMILES string of the molecule is NC(N)=NCCC[C@H](NC(=O)C1(C(=O)NCCCc2ccccc2)CCCC1)O[B]O. The summed E-state index contributed by atoms with van der Waals surface area (Å²) in [7, 11) is 0.538. The number of carbonyl (C=O) groups excluding carboxylic acids is 2. The van der Waals surface area contributed by atoms with Crippen molar-refractivity contribution in [2.75, 3.05) is 13.1 Å². The molecule has 1 aromatic carbocycles. The summed E-state index contributed by atoms with van der Waals surface area (Å²) in [6, 6.07) is 10.1. The first-order valence-electron chi connectivity index (χ1n) is 10.8. The van der Waals surface area contributed by atoms with Crippen LogP contribution in [0.2, 0.25) is 0 Å². The average molecular weight is 430 g/mol. The molecule has 2 amide bonds. The third-order valence-corrected chi connectivity index (χ3v) is 5.53. The molecule has 0 bridgehead atoms. The first kappa shape index (κ1) is 24.7. The molecule has 1 fully saturated rings. The molecule has 7 N–H and O–H groups in total. The van der Waals surface area contributed by atoms with Gasteiger partial charge in [-0.05, 0) is 44.1 Å². The molecule has 169 valence electrons. The van der Waals surface area contributed by atoms with E-state index in [9.17, 15) is 9.59 Å². The Hall–Kier alpha value is -2.59. The molecular weight excluding hydrogens is 397 g/mol. The first-order valence-corrected chi connectivity index (χ1v) is 10.8. The second kappa shape index (κ2) is 13.0. The monoisotopic (exact) mass is 430 g/mol. The van der Waals surface area contributed by atoms with Crippen LogP contribution in [0.15, 0.2) is 35.3 Å². The molecular formula is C21H33BN5O4. The largest absolute Gasteiger partial charge is 0.486 e. The zero-order chi connectivity index (χ0) is 22.5. The van der Waals surface area contributed by atoms with Crippen molar-refractivity contribution < 1.29 is 19.3 Å². The van der Waals surface area contributed by atoms with Gasteiger partial charge < -0.3 is 31.8 Å². The highest BCUT2D eigenvalue weighted by molar-refractivity contribution is 6.16. The van der Waals surface area contributed by atoms with Gasteiger partial charge in [0.05, 0.1) is 0 Å². The highest BCUT2D eigenvalue weighted by Gasteiger charge is 2.48. The normalized spacial score (nSPS) is 15.6. The lowest BCUT2D eigenvalue weighted by atomic mass is 9.83. The highest BCUT2D eigenvalue weighted by Crippen LogP contribution is 2.39. The number of hydrogen-bond donors (Lipinski definition) is 5. The second-order valence-corrected chi connectivity index (χ2v) is 7.79. The molecule has 9 nitrogen and oxygen atoms in total. The molecule has 1 aliphatic rings. The maximum absolute atomic E-state index is 13.1. The zero-order valence-corrected chi connectivity index (χ0v) is 17.9. The van der Waals surface area contributed by atoms with Crippen molar-refractivity contribution in [1.29, 1.82) is 0 Å². The second-order valence-electron chi connectivity index (χ2n) is 7.79. The van der Waals surface area contributed by atoms with Crippen molar-refractivity contribution in [1.82, 2.24) is 10.6 Å².